The fourth-order valence-electron chi connectivity index (χ4n) is 2.38. The van der Waals surface area contributed by atoms with E-state index in [0.717, 1.165) is 6.07 Å². The predicted molar refractivity (Wildman–Crippen MR) is 86.4 cm³/mol. The third kappa shape index (κ3) is 3.08. The largest absolute Gasteiger partial charge is 0.387 e. The molecule has 0 spiro atoms. The minimum Gasteiger partial charge on any atom is -0.387 e. The van der Waals surface area contributed by atoms with Crippen molar-refractivity contribution in [3.05, 3.63) is 64.3 Å². The minimum absolute atomic E-state index is 0.0250. The molecule has 6 nitrogen and oxygen atoms in total. The van der Waals surface area contributed by atoms with Crippen LogP contribution in [0.25, 0.3) is 5.65 Å². The number of rotatable bonds is 4. The lowest BCUT2D eigenvalue weighted by molar-refractivity contribution is 0.0917. The van der Waals surface area contributed by atoms with E-state index >= 15 is 0 Å². The van der Waals surface area contributed by atoms with Gasteiger partial charge in [-0.05, 0) is 30.7 Å². The molecule has 0 saturated carbocycles. The summed E-state index contributed by atoms with van der Waals surface area (Å²) < 4.78 is 14.9. The van der Waals surface area contributed by atoms with Gasteiger partial charge in [-0.3, -0.25) is 4.79 Å². The zero-order valence-electron chi connectivity index (χ0n) is 12.7. The Morgan fingerprint density at radius 1 is 1.50 bits per heavy atom. The smallest absolute Gasteiger partial charge is 0.257 e. The van der Waals surface area contributed by atoms with Gasteiger partial charge in [0.05, 0.1) is 16.8 Å². The highest BCUT2D eigenvalue weighted by Crippen LogP contribution is 2.20. The van der Waals surface area contributed by atoms with Gasteiger partial charge in [0.25, 0.3) is 5.91 Å². The van der Waals surface area contributed by atoms with Gasteiger partial charge in [0.15, 0.2) is 5.65 Å². The highest BCUT2D eigenvalue weighted by molar-refractivity contribution is 6.30. The first-order chi connectivity index (χ1) is 11.5. The van der Waals surface area contributed by atoms with E-state index in [1.54, 1.807) is 25.4 Å². The number of benzene rings is 1. The monoisotopic (exact) mass is 348 g/mol. The zero-order valence-corrected chi connectivity index (χ0v) is 13.5. The highest BCUT2D eigenvalue weighted by Gasteiger charge is 2.19. The Labute approximate surface area is 141 Å². The molecule has 0 aliphatic heterocycles. The van der Waals surface area contributed by atoms with E-state index in [1.165, 1.54) is 16.6 Å². The summed E-state index contributed by atoms with van der Waals surface area (Å²) in [6.45, 7) is 1.62. The quantitative estimate of drug-likeness (QED) is 0.758. The van der Waals surface area contributed by atoms with Crippen molar-refractivity contribution in [2.45, 2.75) is 13.0 Å². The molecule has 1 unspecified atom stereocenters. The lowest BCUT2D eigenvalue weighted by Crippen LogP contribution is -2.29. The number of aryl methyl sites for hydroxylation is 1. The molecule has 2 N–H and O–H groups in total. The SMILES string of the molecule is Cc1nn2cccnc2c1C(=O)NCC(O)c1ccc(Cl)c(F)c1. The molecule has 0 aliphatic rings. The first-order valence-electron chi connectivity index (χ1n) is 7.18. The summed E-state index contributed by atoms with van der Waals surface area (Å²) >= 11 is 5.61. The van der Waals surface area contributed by atoms with Crippen molar-refractivity contribution in [2.24, 2.45) is 0 Å². The van der Waals surface area contributed by atoms with Gasteiger partial charge in [0.2, 0.25) is 0 Å². The molecule has 24 heavy (non-hydrogen) atoms. The molecule has 124 valence electrons. The molecule has 0 aliphatic carbocycles. The molecule has 0 bridgehead atoms. The van der Waals surface area contributed by atoms with Gasteiger partial charge in [-0.1, -0.05) is 17.7 Å². The van der Waals surface area contributed by atoms with Crippen LogP contribution in [0.1, 0.15) is 27.7 Å². The Hall–Kier alpha value is -2.51. The number of carbonyl (C=O) groups is 1. The van der Waals surface area contributed by atoms with Gasteiger partial charge in [-0.2, -0.15) is 5.10 Å². The molecular weight excluding hydrogens is 335 g/mol. The standard InChI is InChI=1S/C16H14ClFN4O2/c1-9-14(15-19-5-2-6-22(15)21-9)16(24)20-8-13(23)10-3-4-11(17)12(18)7-10/h2-7,13,23H,8H2,1H3,(H,20,24). The number of hydrogen-bond donors (Lipinski definition) is 2. The molecule has 1 aromatic carbocycles. The van der Waals surface area contributed by atoms with Gasteiger partial charge in [0.1, 0.15) is 11.4 Å². The van der Waals surface area contributed by atoms with Crippen molar-refractivity contribution in [3.8, 4) is 0 Å². The molecule has 2 aromatic heterocycles. The third-order valence-electron chi connectivity index (χ3n) is 3.58. The van der Waals surface area contributed by atoms with Crippen LogP contribution in [-0.4, -0.2) is 32.2 Å². The number of nitrogens with one attached hydrogen (secondary N) is 1. The Kier molecular flexibility index (Phi) is 4.46. The van der Waals surface area contributed by atoms with Gasteiger partial charge in [-0.25, -0.2) is 13.9 Å². The Morgan fingerprint density at radius 2 is 2.29 bits per heavy atom. The molecule has 2 heterocycles. The van der Waals surface area contributed by atoms with E-state index in [-0.39, 0.29) is 11.6 Å². The molecule has 0 saturated heterocycles. The maximum atomic E-state index is 13.4. The first-order valence-corrected chi connectivity index (χ1v) is 7.56. The molecular formula is C16H14ClFN4O2. The molecule has 8 heteroatoms. The van der Waals surface area contributed by atoms with Crippen LogP contribution in [0, 0.1) is 12.7 Å². The Balaban J connectivity index is 1.75. The second-order valence-corrected chi connectivity index (χ2v) is 5.65. The fourth-order valence-corrected chi connectivity index (χ4v) is 2.50. The van der Waals surface area contributed by atoms with Crippen molar-refractivity contribution < 1.29 is 14.3 Å². The van der Waals surface area contributed by atoms with Crippen LogP contribution in [0.2, 0.25) is 5.02 Å². The van der Waals surface area contributed by atoms with E-state index in [4.69, 9.17) is 11.6 Å². The number of nitrogens with zero attached hydrogens (tertiary/aromatic N) is 3. The molecule has 1 atom stereocenters. The summed E-state index contributed by atoms with van der Waals surface area (Å²) in [6, 6.07) is 5.71. The van der Waals surface area contributed by atoms with Crippen LogP contribution < -0.4 is 5.32 Å². The van der Waals surface area contributed by atoms with Gasteiger partial charge in [-0.15, -0.1) is 0 Å². The van der Waals surface area contributed by atoms with Crippen LogP contribution in [0.4, 0.5) is 4.39 Å². The van der Waals surface area contributed by atoms with Crippen molar-refractivity contribution >= 4 is 23.2 Å². The second-order valence-electron chi connectivity index (χ2n) is 5.25. The molecule has 0 fully saturated rings. The van der Waals surface area contributed by atoms with E-state index in [2.05, 4.69) is 15.4 Å². The van der Waals surface area contributed by atoms with Crippen LogP contribution in [0.15, 0.2) is 36.7 Å². The van der Waals surface area contributed by atoms with E-state index in [9.17, 15) is 14.3 Å². The maximum Gasteiger partial charge on any atom is 0.257 e. The van der Waals surface area contributed by atoms with E-state index in [0.29, 0.717) is 22.5 Å². The maximum absolute atomic E-state index is 13.4. The molecule has 3 rings (SSSR count). The van der Waals surface area contributed by atoms with Gasteiger partial charge >= 0.3 is 0 Å². The zero-order chi connectivity index (χ0) is 17.3. The summed E-state index contributed by atoms with van der Waals surface area (Å²) in [4.78, 5) is 16.5. The summed E-state index contributed by atoms with van der Waals surface area (Å²) in [6.07, 6.45) is 2.20. The van der Waals surface area contributed by atoms with Crippen LogP contribution in [0.3, 0.4) is 0 Å². The highest BCUT2D eigenvalue weighted by atomic mass is 35.5. The number of carbonyl (C=O) groups excluding carboxylic acids is 1. The molecule has 3 aromatic rings. The van der Waals surface area contributed by atoms with Crippen molar-refractivity contribution in [1.82, 2.24) is 19.9 Å². The summed E-state index contributed by atoms with van der Waals surface area (Å²) in [5.41, 5.74) is 1.62. The first kappa shape index (κ1) is 16.4. The number of fused-ring (bicyclic) bond motifs is 1. The Bertz CT molecular complexity index is 912. The summed E-state index contributed by atoms with van der Waals surface area (Å²) in [7, 11) is 0. The van der Waals surface area contributed by atoms with Crippen molar-refractivity contribution in [1.29, 1.82) is 0 Å². The van der Waals surface area contributed by atoms with Crippen LogP contribution in [0.5, 0.6) is 0 Å². The van der Waals surface area contributed by atoms with Crippen molar-refractivity contribution in [2.75, 3.05) is 6.54 Å². The number of aliphatic hydroxyl groups is 1. The lowest BCUT2D eigenvalue weighted by atomic mass is 10.1. The normalized spacial score (nSPS) is 12.3. The number of amides is 1. The molecule has 0 radical (unpaired) electrons. The summed E-state index contributed by atoms with van der Waals surface area (Å²) in [5, 5.41) is 16.9. The number of aliphatic hydroxyl groups excluding tert-OH is 1. The van der Waals surface area contributed by atoms with E-state index in [1.807, 2.05) is 0 Å². The number of hydrogen-bond acceptors (Lipinski definition) is 4. The van der Waals surface area contributed by atoms with Gasteiger partial charge in [0, 0.05) is 18.9 Å². The molecule has 1 amide bonds. The Morgan fingerprint density at radius 3 is 3.04 bits per heavy atom. The predicted octanol–water partition coefficient (Wildman–Crippen LogP) is 2.29. The number of aromatic nitrogens is 3. The third-order valence-corrected chi connectivity index (χ3v) is 3.89. The van der Waals surface area contributed by atoms with Gasteiger partial charge < -0.3 is 10.4 Å². The fraction of sp³-hybridized carbons (Fsp3) is 0.188. The van der Waals surface area contributed by atoms with Crippen LogP contribution >= 0.6 is 11.6 Å². The number of halogens is 2. The average molecular weight is 349 g/mol. The summed E-state index contributed by atoms with van der Waals surface area (Å²) in [5.74, 6) is -1.03. The topological polar surface area (TPSA) is 79.5 Å². The van der Waals surface area contributed by atoms with Crippen molar-refractivity contribution in [3.63, 3.8) is 0 Å². The second kappa shape index (κ2) is 6.54. The minimum atomic E-state index is -1.06. The van der Waals surface area contributed by atoms with E-state index < -0.39 is 17.8 Å². The van der Waals surface area contributed by atoms with Crippen LogP contribution in [-0.2, 0) is 0 Å². The average Bonchev–Trinajstić information content (AvgIpc) is 2.90. The lowest BCUT2D eigenvalue weighted by Gasteiger charge is -2.12.